The zero-order valence-corrected chi connectivity index (χ0v) is 55.3. The molecule has 1 aliphatic heterocycles. The number of aromatic nitrogens is 2. The predicted molar refractivity (Wildman–Crippen MR) is 377 cm³/mol. The second-order valence-electron chi connectivity index (χ2n) is 23.2. The fraction of sp³-hybridized carbons (Fsp3) is 0.369. The number of H-pyrrole nitrogens is 2. The number of carboxylic acid groups (broad SMARTS) is 4. The van der Waals surface area contributed by atoms with E-state index in [0.717, 1.165) is 44.2 Å². The van der Waals surface area contributed by atoms with Crippen molar-refractivity contribution < 1.29 is 126 Å². The molecule has 39 nitrogen and oxygen atoms in total. The average molecular weight is 1450 g/mol. The summed E-state index contributed by atoms with van der Waals surface area (Å²) in [6.07, 6.45) is -6.17. The number of aliphatic hydroxyl groups excluding tert-OH is 14. The number of hydrogen-bond acceptors (Lipinski definition) is 21. The number of phenols is 1. The van der Waals surface area contributed by atoms with E-state index < -0.39 is 230 Å². The summed E-state index contributed by atoms with van der Waals surface area (Å²) < 4.78 is 5.86. The van der Waals surface area contributed by atoms with Gasteiger partial charge in [0.1, 0.15) is 48.6 Å². The Balaban J connectivity index is 1.74. The van der Waals surface area contributed by atoms with E-state index in [2.05, 4.69) is 64.9 Å². The number of aliphatic carboxylic acids is 4. The molecule has 0 fully saturated rings. The number of para-hydroxylation sites is 2. The van der Waals surface area contributed by atoms with E-state index in [-0.39, 0.29) is 23.1 Å². The largest absolute Gasteiger partial charge is 0.508 e. The second-order valence-corrected chi connectivity index (χ2v) is 23.2. The van der Waals surface area contributed by atoms with Gasteiger partial charge in [0, 0.05) is 52.6 Å². The fourth-order valence-corrected chi connectivity index (χ4v) is 10.1. The second kappa shape index (κ2) is 37.0. The number of carboxylic acids is 4. The highest BCUT2D eigenvalue weighted by atomic mass is 16.5. The number of benzene rings is 3. The SMILES string of the molecule is CCCC(O)=N[C@@H](CO)C(O)=N[C@@H]1C(O)=N[C@H](Cc2c[nH]c3ccccc23)C(O)=N[C@@H](CC(=O)O)C(O)=N[C@@H](CC(=O)O)C(O)=N[C@H](c2ccc(O)cc2)C(O)=N[C@@H](CC(=O)O)C(O)=NCC(O)=N[C@H]([C@H](O)C(=N)O)C(O)=N[C@@H]([C@H](C)CC(=O)O)C(O)=N/C(=C\c2c[nH]c3ccccc23)C(=O)O[C@@H]1C. The van der Waals surface area contributed by atoms with Crippen molar-refractivity contribution in [2.24, 2.45) is 60.8 Å². The van der Waals surface area contributed by atoms with Crippen LogP contribution in [0.15, 0.2) is 146 Å². The maximum Gasteiger partial charge on any atom is 0.357 e. The third kappa shape index (κ3) is 22.6. The molecule has 1 aliphatic rings. The summed E-state index contributed by atoms with van der Waals surface area (Å²) in [5.74, 6) is -26.4. The predicted octanol–water partition coefficient (Wildman–Crippen LogP) is 5.32. The van der Waals surface area contributed by atoms with Crippen LogP contribution >= 0.6 is 0 Å². The molecule has 0 unspecified atom stereocenters. The normalized spacial score (nSPS) is 23.0. The van der Waals surface area contributed by atoms with Gasteiger partial charge in [0.25, 0.3) is 0 Å². The van der Waals surface area contributed by atoms with Crippen LogP contribution in [0.2, 0.25) is 0 Å². The zero-order chi connectivity index (χ0) is 76.8. The number of carbonyl (C=O) groups is 5. The molecule has 0 bridgehead atoms. The van der Waals surface area contributed by atoms with Gasteiger partial charge in [-0.2, -0.15) is 0 Å². The van der Waals surface area contributed by atoms with Crippen LogP contribution in [0.5, 0.6) is 5.75 Å². The molecular formula is C65H76N14O25. The van der Waals surface area contributed by atoms with Gasteiger partial charge < -0.3 is 112 Å². The molecule has 2 aromatic heterocycles. The minimum absolute atomic E-state index is 0.0890. The Morgan fingerprint density at radius 1 is 0.635 bits per heavy atom. The number of hydrogen-bond donors (Lipinski definition) is 22. The molecule has 12 atom stereocenters. The molecule has 0 aliphatic carbocycles. The van der Waals surface area contributed by atoms with E-state index in [9.17, 15) is 121 Å². The number of phenolic OH excluding ortho intramolecular Hbond substituents is 1. The average Bonchev–Trinajstić information content (AvgIpc) is 1.49. The van der Waals surface area contributed by atoms with Gasteiger partial charge in [-0.3, -0.25) is 24.6 Å². The summed E-state index contributed by atoms with van der Waals surface area (Å²) in [7, 11) is 0. The number of fused-ring (bicyclic) bond motifs is 2. The number of rotatable bonds is 21. The van der Waals surface area contributed by atoms with E-state index in [1.807, 2.05) is 0 Å². The smallest absolute Gasteiger partial charge is 0.357 e. The number of aromatic hydroxyl groups is 1. The standard InChI is InChI=1S/C65H76N14O25/c1-4-9-44(82)70-43(27-80)60(98)78-51-29(3)104-65(103)42(20-32-25-68-37-13-8-6-11-35(32)37)75-61(99)50(28(2)18-46(84)85)77-64(102)53(54(92)55(66)93)76-45(83)26-69-56(94)39(21-47(86)87)74-63(101)52(30-14-16-33(81)17-15-30)79-59(97)41(23-49(90)91)72-58(96)40(22-48(88)89)71-57(95)38(73-62(51)100)19-31-24-67-36-12-7-5-10-34(31)36/h5-8,10-17,20,24-25,28-29,38-41,43,50-54,67-68,80-81,92H,4,9,18-19,21-23,26-27H2,1-3H3,(H2,66,93)(H,69,94)(H,70,82)(H,71,95)(H,72,96)(H,73,100)(H,74,101)(H,75,99)(H,76,83)(H,77,102)(H,78,98)(H,79,97)(H,84,85)(H,86,87)(H,88,89)(H,90,91)/b42-20-/t28-,29-,38-,39+,40+,41+,43+,50+,51+,52-,53-,54+/m1/s1. The molecule has 104 heavy (non-hydrogen) atoms. The van der Waals surface area contributed by atoms with E-state index in [1.165, 1.54) is 12.4 Å². The molecule has 0 radical (unpaired) electrons. The number of aliphatic imine (C=N–C) groups is 11. The zero-order valence-electron chi connectivity index (χ0n) is 55.3. The molecule has 5 aromatic rings. The summed E-state index contributed by atoms with van der Waals surface area (Å²) >= 11 is 0. The summed E-state index contributed by atoms with van der Waals surface area (Å²) in [5.41, 5.74) is 0.121. The molecule has 556 valence electrons. The van der Waals surface area contributed by atoms with Crippen molar-refractivity contribution in [3.8, 4) is 5.75 Å². The Labute approximate surface area is 587 Å². The van der Waals surface area contributed by atoms with Gasteiger partial charge in [-0.05, 0) is 60.7 Å². The number of nitrogens with zero attached hydrogens (tertiary/aromatic N) is 11. The maximum absolute atomic E-state index is 15.0. The Bertz CT molecular complexity index is 4340. The lowest BCUT2D eigenvalue weighted by Gasteiger charge is -2.23. The van der Waals surface area contributed by atoms with Gasteiger partial charge in [0.2, 0.25) is 64.9 Å². The molecular weight excluding hydrogens is 1380 g/mol. The summed E-state index contributed by atoms with van der Waals surface area (Å²) in [4.78, 5) is 114. The van der Waals surface area contributed by atoms with Crippen molar-refractivity contribution in [3.05, 3.63) is 108 Å². The van der Waals surface area contributed by atoms with Gasteiger partial charge in [-0.25, -0.2) is 59.7 Å². The summed E-state index contributed by atoms with van der Waals surface area (Å²) in [6, 6.07) is -2.79. The van der Waals surface area contributed by atoms with Crippen LogP contribution in [-0.2, 0) is 35.1 Å². The number of aromatic amines is 2. The summed E-state index contributed by atoms with van der Waals surface area (Å²) in [6.45, 7) is 1.42. The molecule has 0 saturated carbocycles. The highest BCUT2D eigenvalue weighted by Gasteiger charge is 2.37. The van der Waals surface area contributed by atoms with E-state index in [4.69, 9.17) is 10.1 Å². The first-order chi connectivity index (χ1) is 49.2. The molecule has 3 aromatic carbocycles. The number of aliphatic hydroxyl groups is 14. The maximum atomic E-state index is 15.0. The molecule has 22 N–H and O–H groups in total. The van der Waals surface area contributed by atoms with Gasteiger partial charge >= 0.3 is 29.8 Å². The Kier molecular flexibility index (Phi) is 28.5. The van der Waals surface area contributed by atoms with Crippen LogP contribution in [0, 0.1) is 11.3 Å². The van der Waals surface area contributed by atoms with Crippen molar-refractivity contribution in [1.29, 1.82) is 5.41 Å². The Morgan fingerprint density at radius 2 is 1.17 bits per heavy atom. The quantitative estimate of drug-likeness (QED) is 0.0191. The van der Waals surface area contributed by atoms with Crippen LogP contribution in [0.25, 0.3) is 27.9 Å². The number of cyclic esters (lactones) is 1. The van der Waals surface area contributed by atoms with Crippen molar-refractivity contribution in [1.82, 2.24) is 9.97 Å². The van der Waals surface area contributed by atoms with Crippen LogP contribution in [0.4, 0.5) is 0 Å². The fourth-order valence-electron chi connectivity index (χ4n) is 10.1. The molecule has 6 rings (SSSR count). The number of carbonyl (C=O) groups excluding carboxylic acids is 1. The third-order valence-corrected chi connectivity index (χ3v) is 15.2. The lowest BCUT2D eigenvalue weighted by Crippen LogP contribution is -2.41. The minimum atomic E-state index is -2.69. The number of nitrogens with one attached hydrogen (secondary N) is 3. The van der Waals surface area contributed by atoms with Crippen molar-refractivity contribution in [2.75, 3.05) is 13.2 Å². The van der Waals surface area contributed by atoms with Gasteiger partial charge in [0.15, 0.2) is 41.9 Å². The van der Waals surface area contributed by atoms with Crippen LogP contribution in [0.1, 0.15) is 82.0 Å². The van der Waals surface area contributed by atoms with E-state index >= 15 is 0 Å². The molecule has 0 amide bonds. The minimum Gasteiger partial charge on any atom is -0.508 e. The first-order valence-electron chi connectivity index (χ1n) is 31.3. The highest BCUT2D eigenvalue weighted by molar-refractivity contribution is 6.02. The third-order valence-electron chi connectivity index (χ3n) is 15.2. The first kappa shape index (κ1) is 80.2. The number of ether oxygens (including phenoxy) is 1. The summed E-state index contributed by atoms with van der Waals surface area (Å²) in [5, 5.41) is 219. The lowest BCUT2D eigenvalue weighted by molar-refractivity contribution is -0.144. The van der Waals surface area contributed by atoms with Crippen LogP contribution in [-0.4, -0.2) is 281 Å². The monoisotopic (exact) mass is 1450 g/mol. The van der Waals surface area contributed by atoms with Gasteiger partial charge in [-0.1, -0.05) is 62.4 Å². The highest BCUT2D eigenvalue weighted by Crippen LogP contribution is 2.28. The Hall–Kier alpha value is -12.8. The van der Waals surface area contributed by atoms with E-state index in [0.29, 0.717) is 28.2 Å². The lowest BCUT2D eigenvalue weighted by atomic mass is 9.98. The van der Waals surface area contributed by atoms with Gasteiger partial charge in [0.05, 0.1) is 32.3 Å². The molecule has 0 spiro atoms. The van der Waals surface area contributed by atoms with Crippen molar-refractivity contribution in [3.63, 3.8) is 0 Å². The molecule has 0 saturated heterocycles. The first-order valence-corrected chi connectivity index (χ1v) is 31.3. The topological polar surface area (TPSA) is 670 Å². The van der Waals surface area contributed by atoms with Crippen molar-refractivity contribution >= 4 is 129 Å². The Morgan fingerprint density at radius 3 is 1.75 bits per heavy atom. The molecule has 3 heterocycles. The van der Waals surface area contributed by atoms with E-state index in [1.54, 1.807) is 55.5 Å². The number of esters is 1. The molecule has 39 heteroatoms. The van der Waals surface area contributed by atoms with Crippen LogP contribution in [0.3, 0.4) is 0 Å². The van der Waals surface area contributed by atoms with Crippen molar-refractivity contribution in [2.45, 2.75) is 132 Å². The van der Waals surface area contributed by atoms with Gasteiger partial charge in [-0.15, -0.1) is 0 Å². The van der Waals surface area contributed by atoms with Crippen LogP contribution < -0.4 is 0 Å².